The van der Waals surface area contributed by atoms with E-state index in [0.717, 1.165) is 0 Å². The zero-order valence-electron chi connectivity index (χ0n) is 8.53. The van der Waals surface area contributed by atoms with Crippen LogP contribution in [0.2, 0.25) is 0 Å². The van der Waals surface area contributed by atoms with Crippen LogP contribution in [0.1, 0.15) is 6.92 Å². The zero-order valence-corrected chi connectivity index (χ0v) is 9.35. The fourth-order valence-electron chi connectivity index (χ4n) is 0.808. The van der Waals surface area contributed by atoms with Gasteiger partial charge in [-0.05, 0) is 0 Å². The van der Waals surface area contributed by atoms with Gasteiger partial charge in [-0.3, -0.25) is 0 Å². The maximum absolute atomic E-state index is 11.0. The van der Waals surface area contributed by atoms with Gasteiger partial charge in [-0.1, -0.05) is 6.92 Å². The van der Waals surface area contributed by atoms with Crippen molar-refractivity contribution in [2.24, 2.45) is 0 Å². The normalized spacial score (nSPS) is 11.9. The first kappa shape index (κ1) is 13.8. The van der Waals surface area contributed by atoms with Crippen molar-refractivity contribution in [3.05, 3.63) is 0 Å². The third kappa shape index (κ3) is 8.43. The number of ether oxygens (including phenoxy) is 1. The van der Waals surface area contributed by atoms with E-state index in [9.17, 15) is 8.42 Å². The van der Waals surface area contributed by atoms with Crippen LogP contribution in [-0.4, -0.2) is 57.9 Å². The van der Waals surface area contributed by atoms with E-state index in [4.69, 9.17) is 9.84 Å². The smallest absolute Gasteiger partial charge is 0.151 e. The molecule has 0 aliphatic rings. The zero-order chi connectivity index (χ0) is 10.9. The largest absolute Gasteiger partial charge is 0.394 e. The number of hydrogen-bond acceptors (Lipinski definition) is 5. The standard InChI is InChI=1S/C8H19NO4S/c1-2-14(11,12)8-4-9-3-6-13-7-5-10/h9-10H,2-8H2,1H3. The van der Waals surface area contributed by atoms with E-state index in [-0.39, 0.29) is 18.1 Å². The fraction of sp³-hybridized carbons (Fsp3) is 1.00. The molecule has 0 aliphatic carbocycles. The van der Waals surface area contributed by atoms with Crippen molar-refractivity contribution in [2.45, 2.75) is 6.92 Å². The van der Waals surface area contributed by atoms with Gasteiger partial charge in [0.05, 0.1) is 25.6 Å². The maximum atomic E-state index is 11.0. The molecule has 0 unspecified atom stereocenters. The molecule has 0 rings (SSSR count). The molecule has 0 aromatic heterocycles. The van der Waals surface area contributed by atoms with Gasteiger partial charge in [0.25, 0.3) is 0 Å². The Labute approximate surface area is 85.4 Å². The Morgan fingerprint density at radius 3 is 2.57 bits per heavy atom. The van der Waals surface area contributed by atoms with Gasteiger partial charge in [0, 0.05) is 18.8 Å². The van der Waals surface area contributed by atoms with Crippen molar-refractivity contribution in [1.29, 1.82) is 0 Å². The molecule has 2 N–H and O–H groups in total. The Morgan fingerprint density at radius 1 is 1.29 bits per heavy atom. The predicted molar refractivity (Wildman–Crippen MR) is 55.1 cm³/mol. The van der Waals surface area contributed by atoms with Crippen molar-refractivity contribution in [3.63, 3.8) is 0 Å². The van der Waals surface area contributed by atoms with Crippen LogP contribution in [0.3, 0.4) is 0 Å². The predicted octanol–water partition coefficient (Wildman–Crippen LogP) is -0.980. The molecular formula is C8H19NO4S. The molecule has 0 heterocycles. The van der Waals surface area contributed by atoms with Gasteiger partial charge in [-0.2, -0.15) is 0 Å². The van der Waals surface area contributed by atoms with Gasteiger partial charge < -0.3 is 15.2 Å². The van der Waals surface area contributed by atoms with Crippen molar-refractivity contribution in [3.8, 4) is 0 Å². The second kappa shape index (κ2) is 8.16. The summed E-state index contributed by atoms with van der Waals surface area (Å²) in [5.41, 5.74) is 0. The molecule has 0 spiro atoms. The van der Waals surface area contributed by atoms with Crippen LogP contribution < -0.4 is 5.32 Å². The minimum absolute atomic E-state index is 0.0181. The van der Waals surface area contributed by atoms with E-state index >= 15 is 0 Å². The Balaban J connectivity index is 3.22. The average Bonchev–Trinajstić information content (AvgIpc) is 2.16. The molecule has 6 heteroatoms. The molecule has 0 fully saturated rings. The molecule has 0 atom stereocenters. The summed E-state index contributed by atoms with van der Waals surface area (Å²) in [5, 5.41) is 11.3. The van der Waals surface area contributed by atoms with E-state index in [2.05, 4.69) is 5.32 Å². The molecule has 14 heavy (non-hydrogen) atoms. The van der Waals surface area contributed by atoms with E-state index in [1.165, 1.54) is 0 Å². The first-order valence-electron chi connectivity index (χ1n) is 4.72. The van der Waals surface area contributed by atoms with E-state index < -0.39 is 9.84 Å². The summed E-state index contributed by atoms with van der Waals surface area (Å²) >= 11 is 0. The molecule has 0 bridgehead atoms. The number of hydrogen-bond donors (Lipinski definition) is 2. The highest BCUT2D eigenvalue weighted by atomic mass is 32.2. The van der Waals surface area contributed by atoms with Crippen LogP contribution in [0.15, 0.2) is 0 Å². The quantitative estimate of drug-likeness (QED) is 0.493. The fourth-order valence-corrected chi connectivity index (χ4v) is 1.55. The third-order valence-electron chi connectivity index (χ3n) is 1.69. The van der Waals surface area contributed by atoms with Crippen LogP contribution in [-0.2, 0) is 14.6 Å². The summed E-state index contributed by atoms with van der Waals surface area (Å²) in [6.07, 6.45) is 0. The molecule has 0 aromatic rings. The number of aliphatic hydroxyl groups excluding tert-OH is 1. The number of aliphatic hydroxyl groups is 1. The summed E-state index contributed by atoms with van der Waals surface area (Å²) in [4.78, 5) is 0. The molecule has 0 amide bonds. The lowest BCUT2D eigenvalue weighted by Gasteiger charge is -2.04. The minimum Gasteiger partial charge on any atom is -0.394 e. The number of sulfone groups is 1. The highest BCUT2D eigenvalue weighted by molar-refractivity contribution is 7.91. The molecule has 0 saturated heterocycles. The lowest BCUT2D eigenvalue weighted by molar-refractivity contribution is 0.0942. The molecule has 0 aromatic carbocycles. The van der Waals surface area contributed by atoms with Crippen LogP contribution in [0.25, 0.3) is 0 Å². The highest BCUT2D eigenvalue weighted by Gasteiger charge is 2.05. The summed E-state index contributed by atoms with van der Waals surface area (Å²) in [6, 6.07) is 0. The van der Waals surface area contributed by atoms with Gasteiger partial charge in [0.1, 0.15) is 0 Å². The summed E-state index contributed by atoms with van der Waals surface area (Å²) in [7, 11) is -2.86. The van der Waals surface area contributed by atoms with E-state index in [1.807, 2.05) is 0 Å². The number of rotatable bonds is 9. The van der Waals surface area contributed by atoms with Crippen molar-refractivity contribution >= 4 is 9.84 Å². The average molecular weight is 225 g/mol. The van der Waals surface area contributed by atoms with Crippen LogP contribution >= 0.6 is 0 Å². The van der Waals surface area contributed by atoms with Crippen molar-refractivity contribution in [1.82, 2.24) is 5.32 Å². The maximum Gasteiger partial charge on any atom is 0.151 e. The SMILES string of the molecule is CCS(=O)(=O)CCNCCOCCO. The molecule has 0 radical (unpaired) electrons. The first-order valence-corrected chi connectivity index (χ1v) is 6.54. The third-order valence-corrected chi connectivity index (χ3v) is 3.39. The second-order valence-corrected chi connectivity index (χ2v) is 5.30. The van der Waals surface area contributed by atoms with Gasteiger partial charge >= 0.3 is 0 Å². The van der Waals surface area contributed by atoms with E-state index in [1.54, 1.807) is 6.92 Å². The van der Waals surface area contributed by atoms with Crippen molar-refractivity contribution < 1.29 is 18.3 Å². The van der Waals surface area contributed by atoms with Gasteiger partial charge in [0.2, 0.25) is 0 Å². The van der Waals surface area contributed by atoms with E-state index in [0.29, 0.717) is 26.3 Å². The summed E-state index contributed by atoms with van der Waals surface area (Å²) < 4.78 is 27.0. The minimum atomic E-state index is -2.86. The highest BCUT2D eigenvalue weighted by Crippen LogP contribution is 1.86. The first-order chi connectivity index (χ1) is 6.62. The Hall–Kier alpha value is -0.170. The second-order valence-electron chi connectivity index (χ2n) is 2.82. The lowest BCUT2D eigenvalue weighted by atomic mass is 10.6. The molecule has 5 nitrogen and oxygen atoms in total. The van der Waals surface area contributed by atoms with Gasteiger partial charge in [0.15, 0.2) is 9.84 Å². The summed E-state index contributed by atoms with van der Waals surface area (Å²) in [6.45, 7) is 3.55. The molecular weight excluding hydrogens is 206 g/mol. The Bertz CT molecular complexity index is 215. The van der Waals surface area contributed by atoms with Gasteiger partial charge in [-0.25, -0.2) is 8.42 Å². The topological polar surface area (TPSA) is 75.6 Å². The number of nitrogens with one attached hydrogen (secondary N) is 1. The van der Waals surface area contributed by atoms with Crippen LogP contribution in [0.4, 0.5) is 0 Å². The van der Waals surface area contributed by atoms with Gasteiger partial charge in [-0.15, -0.1) is 0 Å². The van der Waals surface area contributed by atoms with Crippen LogP contribution in [0, 0.1) is 0 Å². The lowest BCUT2D eigenvalue weighted by Crippen LogP contribution is -2.27. The van der Waals surface area contributed by atoms with Crippen molar-refractivity contribution in [2.75, 3.05) is 44.4 Å². The molecule has 0 saturated carbocycles. The monoisotopic (exact) mass is 225 g/mol. The van der Waals surface area contributed by atoms with Crippen LogP contribution in [0.5, 0.6) is 0 Å². The molecule has 0 aliphatic heterocycles. The Morgan fingerprint density at radius 2 is 2.00 bits per heavy atom. The summed E-state index contributed by atoms with van der Waals surface area (Å²) in [5.74, 6) is 0.360. The molecule has 86 valence electrons. The Kier molecular flexibility index (Phi) is 8.07.